The maximum Gasteiger partial charge on any atom is 0.319 e. The zero-order chi connectivity index (χ0) is 14.6. The predicted molar refractivity (Wildman–Crippen MR) is 72.4 cm³/mol. The minimum atomic E-state index is -0.413. The van der Waals surface area contributed by atoms with Gasteiger partial charge in [-0.3, -0.25) is 9.63 Å². The molecule has 0 spiro atoms. The molecule has 0 radical (unpaired) electrons. The Hall–Kier alpha value is -1.30. The first-order valence-electron chi connectivity index (χ1n) is 6.65. The molecule has 0 aromatic rings. The van der Waals surface area contributed by atoms with Crippen molar-refractivity contribution in [1.29, 1.82) is 0 Å². The van der Waals surface area contributed by atoms with E-state index in [2.05, 4.69) is 5.48 Å². The number of piperidine rings is 1. The number of hydrogen-bond donors (Lipinski definition) is 1. The Morgan fingerprint density at radius 2 is 1.95 bits per heavy atom. The second-order valence-electron chi connectivity index (χ2n) is 6.14. The minimum Gasteiger partial charge on any atom is -0.331 e. The first-order valence-corrected chi connectivity index (χ1v) is 6.65. The van der Waals surface area contributed by atoms with Crippen LogP contribution in [0.5, 0.6) is 0 Å². The van der Waals surface area contributed by atoms with Crippen molar-refractivity contribution in [3.8, 4) is 0 Å². The molecule has 0 aliphatic carbocycles. The number of amides is 3. The highest BCUT2D eigenvalue weighted by molar-refractivity contribution is 5.80. The fourth-order valence-corrected chi connectivity index (χ4v) is 1.93. The molecule has 1 N–H and O–H groups in total. The van der Waals surface area contributed by atoms with E-state index in [0.717, 1.165) is 12.8 Å². The van der Waals surface area contributed by atoms with E-state index in [4.69, 9.17) is 4.84 Å². The number of nitrogens with zero attached hydrogens (tertiary/aromatic N) is 2. The van der Waals surface area contributed by atoms with Crippen molar-refractivity contribution < 1.29 is 14.4 Å². The fraction of sp³-hybridized carbons (Fsp3) is 0.846. The third kappa shape index (κ3) is 5.06. The van der Waals surface area contributed by atoms with E-state index >= 15 is 0 Å². The topological polar surface area (TPSA) is 61.9 Å². The van der Waals surface area contributed by atoms with Gasteiger partial charge in [0.1, 0.15) is 0 Å². The Balaban J connectivity index is 2.50. The maximum atomic E-state index is 12.0. The van der Waals surface area contributed by atoms with Gasteiger partial charge in [0.15, 0.2) is 0 Å². The smallest absolute Gasteiger partial charge is 0.319 e. The van der Waals surface area contributed by atoms with Crippen molar-refractivity contribution >= 4 is 11.9 Å². The molecule has 19 heavy (non-hydrogen) atoms. The van der Waals surface area contributed by atoms with E-state index in [1.54, 1.807) is 19.0 Å². The highest BCUT2D eigenvalue weighted by Gasteiger charge is 2.29. The molecule has 1 rings (SSSR count). The second-order valence-corrected chi connectivity index (χ2v) is 6.14. The Morgan fingerprint density at radius 3 is 2.47 bits per heavy atom. The van der Waals surface area contributed by atoms with Crippen molar-refractivity contribution in [2.75, 3.05) is 27.2 Å². The summed E-state index contributed by atoms with van der Waals surface area (Å²) in [6, 6.07) is -0.0470. The molecule has 1 unspecified atom stereocenters. The van der Waals surface area contributed by atoms with Crippen LogP contribution in [0.2, 0.25) is 0 Å². The Morgan fingerprint density at radius 1 is 1.32 bits per heavy atom. The van der Waals surface area contributed by atoms with Gasteiger partial charge in [0.05, 0.1) is 11.5 Å². The molecule has 1 saturated heterocycles. The molecular formula is C13H25N3O3. The lowest BCUT2D eigenvalue weighted by atomic mass is 9.98. The molecule has 1 aliphatic rings. The zero-order valence-electron chi connectivity index (χ0n) is 12.5. The first-order chi connectivity index (χ1) is 8.70. The molecule has 110 valence electrons. The van der Waals surface area contributed by atoms with Gasteiger partial charge in [-0.25, -0.2) is 10.3 Å². The van der Waals surface area contributed by atoms with Crippen molar-refractivity contribution in [2.45, 2.75) is 39.2 Å². The predicted octanol–water partition coefficient (Wildman–Crippen LogP) is 1.23. The monoisotopic (exact) mass is 271 g/mol. The van der Waals surface area contributed by atoms with Crippen LogP contribution in [-0.2, 0) is 9.63 Å². The van der Waals surface area contributed by atoms with Gasteiger partial charge < -0.3 is 9.80 Å². The van der Waals surface area contributed by atoms with Crippen LogP contribution in [0.25, 0.3) is 0 Å². The molecule has 6 heteroatoms. The molecule has 1 heterocycles. The normalized spacial score (nSPS) is 20.1. The molecule has 1 fully saturated rings. The third-order valence-electron chi connectivity index (χ3n) is 2.90. The minimum absolute atomic E-state index is 0.0470. The van der Waals surface area contributed by atoms with Crippen LogP contribution < -0.4 is 5.48 Å². The zero-order valence-corrected chi connectivity index (χ0v) is 12.5. The number of likely N-dealkylation sites (tertiary alicyclic amines) is 1. The summed E-state index contributed by atoms with van der Waals surface area (Å²) in [6.07, 6.45) is 1.63. The summed E-state index contributed by atoms with van der Waals surface area (Å²) < 4.78 is 0. The molecule has 1 atom stereocenters. The van der Waals surface area contributed by atoms with Gasteiger partial charge in [-0.2, -0.15) is 0 Å². The number of hydroxylamine groups is 1. The maximum absolute atomic E-state index is 12.0. The summed E-state index contributed by atoms with van der Waals surface area (Å²) in [4.78, 5) is 32.4. The highest BCUT2D eigenvalue weighted by atomic mass is 16.7. The summed E-state index contributed by atoms with van der Waals surface area (Å²) in [6.45, 7) is 6.78. The number of hydrogen-bond acceptors (Lipinski definition) is 3. The standard InChI is InChI=1S/C13H25N3O3/c1-13(2,3)19-14-11(17)10-7-6-8-16(9-10)12(18)15(4)5/h10H,6-9H2,1-5H3,(H,14,17). The lowest BCUT2D eigenvalue weighted by molar-refractivity contribution is -0.151. The average molecular weight is 271 g/mol. The van der Waals surface area contributed by atoms with Crippen molar-refractivity contribution in [3.63, 3.8) is 0 Å². The number of rotatable bonds is 2. The van der Waals surface area contributed by atoms with Crippen molar-refractivity contribution in [2.24, 2.45) is 5.92 Å². The highest BCUT2D eigenvalue weighted by Crippen LogP contribution is 2.18. The van der Waals surface area contributed by atoms with Gasteiger partial charge in [-0.15, -0.1) is 0 Å². The number of carbonyl (C=O) groups excluding carboxylic acids is 2. The van der Waals surface area contributed by atoms with Crippen LogP contribution in [0, 0.1) is 5.92 Å². The van der Waals surface area contributed by atoms with E-state index in [-0.39, 0.29) is 17.9 Å². The number of urea groups is 1. The molecule has 0 aromatic carbocycles. The summed E-state index contributed by atoms with van der Waals surface area (Å²) >= 11 is 0. The second kappa shape index (κ2) is 6.23. The van der Waals surface area contributed by atoms with Gasteiger partial charge in [0.25, 0.3) is 0 Å². The summed E-state index contributed by atoms with van der Waals surface area (Å²) in [7, 11) is 3.43. The van der Waals surface area contributed by atoms with Crippen LogP contribution in [0.4, 0.5) is 4.79 Å². The molecular weight excluding hydrogens is 246 g/mol. The van der Waals surface area contributed by atoms with Crippen LogP contribution in [0.1, 0.15) is 33.6 Å². The fourth-order valence-electron chi connectivity index (χ4n) is 1.93. The molecule has 3 amide bonds. The van der Waals surface area contributed by atoms with Gasteiger partial charge in [-0.1, -0.05) is 0 Å². The average Bonchev–Trinajstić information content (AvgIpc) is 2.34. The van der Waals surface area contributed by atoms with Gasteiger partial charge in [0, 0.05) is 27.2 Å². The van der Waals surface area contributed by atoms with E-state index in [1.807, 2.05) is 20.8 Å². The lowest BCUT2D eigenvalue weighted by Gasteiger charge is -2.34. The van der Waals surface area contributed by atoms with Crippen LogP contribution in [-0.4, -0.2) is 54.5 Å². The summed E-state index contributed by atoms with van der Waals surface area (Å²) in [5.41, 5.74) is 2.08. The Kier molecular flexibility index (Phi) is 5.17. The SMILES string of the molecule is CN(C)C(=O)N1CCCC(C(=O)NOC(C)(C)C)C1. The summed E-state index contributed by atoms with van der Waals surface area (Å²) in [5, 5.41) is 0. The van der Waals surface area contributed by atoms with Crippen LogP contribution in [0.3, 0.4) is 0 Å². The largest absolute Gasteiger partial charge is 0.331 e. The Bertz CT molecular complexity index is 337. The third-order valence-corrected chi connectivity index (χ3v) is 2.90. The van der Waals surface area contributed by atoms with E-state index in [1.165, 1.54) is 4.90 Å². The van der Waals surface area contributed by atoms with Gasteiger partial charge >= 0.3 is 6.03 Å². The number of nitrogens with one attached hydrogen (secondary N) is 1. The summed E-state index contributed by atoms with van der Waals surface area (Å²) in [5.74, 6) is -0.341. The van der Waals surface area contributed by atoms with E-state index in [0.29, 0.717) is 13.1 Å². The molecule has 0 aromatic heterocycles. The van der Waals surface area contributed by atoms with Crippen LogP contribution in [0.15, 0.2) is 0 Å². The van der Waals surface area contributed by atoms with E-state index < -0.39 is 5.60 Å². The molecule has 0 saturated carbocycles. The van der Waals surface area contributed by atoms with Crippen molar-refractivity contribution in [1.82, 2.24) is 15.3 Å². The van der Waals surface area contributed by atoms with Gasteiger partial charge in [0.2, 0.25) is 5.91 Å². The Labute approximate surface area is 115 Å². The lowest BCUT2D eigenvalue weighted by Crippen LogP contribution is -2.49. The molecule has 6 nitrogen and oxygen atoms in total. The quantitative estimate of drug-likeness (QED) is 0.768. The molecule has 1 aliphatic heterocycles. The first kappa shape index (κ1) is 15.8. The van der Waals surface area contributed by atoms with Crippen molar-refractivity contribution in [3.05, 3.63) is 0 Å². The number of carbonyl (C=O) groups is 2. The van der Waals surface area contributed by atoms with Crippen LogP contribution >= 0.6 is 0 Å². The van der Waals surface area contributed by atoms with Gasteiger partial charge in [-0.05, 0) is 33.6 Å². The van der Waals surface area contributed by atoms with E-state index in [9.17, 15) is 9.59 Å². The molecule has 0 bridgehead atoms.